The van der Waals surface area contributed by atoms with E-state index >= 15 is 0 Å². The predicted octanol–water partition coefficient (Wildman–Crippen LogP) is 1.46. The van der Waals surface area contributed by atoms with Gasteiger partial charge in [0.05, 0.1) is 0 Å². The van der Waals surface area contributed by atoms with E-state index in [9.17, 15) is 0 Å². The van der Waals surface area contributed by atoms with Gasteiger partial charge in [-0.05, 0) is 29.5 Å². The lowest BCUT2D eigenvalue weighted by molar-refractivity contribution is 0.307. The van der Waals surface area contributed by atoms with E-state index in [1.165, 1.54) is 24.1 Å². The number of pyridine rings is 1. The first kappa shape index (κ1) is 7.27. The van der Waals surface area contributed by atoms with Gasteiger partial charge >= 0.3 is 0 Å². The van der Waals surface area contributed by atoms with Gasteiger partial charge in [-0.2, -0.15) is 0 Å². The Hall–Kier alpha value is -1.15. The molecule has 0 saturated carbocycles. The molecule has 1 aromatic rings. The molecule has 0 unspecified atom stereocenters. The summed E-state index contributed by atoms with van der Waals surface area (Å²) in [5.41, 5.74) is 2.73. The molecule has 0 aromatic carbocycles. The Labute approximate surface area is 77.7 Å². The summed E-state index contributed by atoms with van der Waals surface area (Å²) in [6.45, 7) is 1.19. The van der Waals surface area contributed by atoms with Crippen molar-refractivity contribution in [1.82, 2.24) is 10.3 Å². The molecule has 2 atom stereocenters. The molecular formula is C11H12N2. The standard InChI is InChI=1S/C11H12N2/c1-2-8(6-12-5-1)10-4-3-9-7-13-11(9)10/h1-2,4-6,9,11,13H,3,7H2/t9-,11+/m1/s1. The first-order chi connectivity index (χ1) is 6.45. The van der Waals surface area contributed by atoms with Crippen LogP contribution in [0.3, 0.4) is 0 Å². The second-order valence-electron chi connectivity index (χ2n) is 3.78. The van der Waals surface area contributed by atoms with Gasteiger partial charge in [0.25, 0.3) is 0 Å². The largest absolute Gasteiger partial charge is 0.309 e. The number of allylic oxidation sites excluding steroid dienone is 1. The summed E-state index contributed by atoms with van der Waals surface area (Å²) in [4.78, 5) is 4.14. The minimum atomic E-state index is 0.615. The molecular weight excluding hydrogens is 160 g/mol. The van der Waals surface area contributed by atoms with Gasteiger partial charge in [0, 0.05) is 25.0 Å². The third kappa shape index (κ3) is 1.02. The molecule has 66 valence electrons. The fraction of sp³-hybridized carbons (Fsp3) is 0.364. The Bertz CT molecular complexity index is 342. The van der Waals surface area contributed by atoms with Crippen molar-refractivity contribution in [3.8, 4) is 0 Å². The van der Waals surface area contributed by atoms with Crippen LogP contribution in [0, 0.1) is 5.92 Å². The topological polar surface area (TPSA) is 24.9 Å². The van der Waals surface area contributed by atoms with E-state index in [0.29, 0.717) is 6.04 Å². The highest BCUT2D eigenvalue weighted by Crippen LogP contribution is 2.36. The van der Waals surface area contributed by atoms with E-state index in [0.717, 1.165) is 5.92 Å². The van der Waals surface area contributed by atoms with Crippen molar-refractivity contribution in [3.05, 3.63) is 36.2 Å². The van der Waals surface area contributed by atoms with Crippen LogP contribution in [0.4, 0.5) is 0 Å². The van der Waals surface area contributed by atoms with Crippen molar-refractivity contribution in [1.29, 1.82) is 0 Å². The monoisotopic (exact) mass is 172 g/mol. The lowest BCUT2D eigenvalue weighted by atomic mass is 9.89. The van der Waals surface area contributed by atoms with Crippen LogP contribution in [0.2, 0.25) is 0 Å². The van der Waals surface area contributed by atoms with Crippen LogP contribution >= 0.6 is 0 Å². The van der Waals surface area contributed by atoms with Crippen LogP contribution in [-0.4, -0.2) is 17.6 Å². The first-order valence-electron chi connectivity index (χ1n) is 4.79. The van der Waals surface area contributed by atoms with Crippen LogP contribution in [0.5, 0.6) is 0 Å². The molecule has 1 N–H and O–H groups in total. The predicted molar refractivity (Wildman–Crippen MR) is 52.1 cm³/mol. The van der Waals surface area contributed by atoms with Crippen LogP contribution in [-0.2, 0) is 0 Å². The molecule has 3 rings (SSSR count). The molecule has 1 fully saturated rings. The fourth-order valence-electron chi connectivity index (χ4n) is 2.22. The zero-order chi connectivity index (χ0) is 8.67. The van der Waals surface area contributed by atoms with E-state index in [4.69, 9.17) is 0 Å². The Morgan fingerprint density at radius 1 is 1.46 bits per heavy atom. The van der Waals surface area contributed by atoms with Gasteiger partial charge in [-0.1, -0.05) is 12.1 Å². The van der Waals surface area contributed by atoms with Gasteiger partial charge in [-0.3, -0.25) is 4.98 Å². The highest BCUT2D eigenvalue weighted by atomic mass is 15.0. The van der Waals surface area contributed by atoms with Crippen molar-refractivity contribution >= 4 is 5.57 Å². The van der Waals surface area contributed by atoms with Gasteiger partial charge in [0.1, 0.15) is 0 Å². The smallest absolute Gasteiger partial charge is 0.0367 e. The lowest BCUT2D eigenvalue weighted by Crippen LogP contribution is -2.50. The summed E-state index contributed by atoms with van der Waals surface area (Å²) >= 11 is 0. The van der Waals surface area contributed by atoms with Crippen molar-refractivity contribution in [3.63, 3.8) is 0 Å². The Kier molecular flexibility index (Phi) is 1.49. The van der Waals surface area contributed by atoms with Crippen molar-refractivity contribution in [2.24, 2.45) is 5.92 Å². The maximum Gasteiger partial charge on any atom is 0.0367 e. The number of rotatable bonds is 1. The van der Waals surface area contributed by atoms with E-state index in [2.05, 4.69) is 22.4 Å². The molecule has 0 amide bonds. The molecule has 2 aliphatic rings. The van der Waals surface area contributed by atoms with Crippen LogP contribution in [0.15, 0.2) is 30.6 Å². The average Bonchev–Trinajstić information content (AvgIpc) is 2.43. The van der Waals surface area contributed by atoms with Gasteiger partial charge < -0.3 is 5.32 Å². The minimum Gasteiger partial charge on any atom is -0.309 e. The van der Waals surface area contributed by atoms with Gasteiger partial charge in [0.15, 0.2) is 0 Å². The molecule has 1 saturated heterocycles. The molecule has 2 heterocycles. The molecule has 1 aliphatic heterocycles. The Balaban J connectivity index is 1.94. The number of aromatic nitrogens is 1. The summed E-state index contributed by atoms with van der Waals surface area (Å²) < 4.78 is 0. The number of hydrogen-bond acceptors (Lipinski definition) is 2. The maximum atomic E-state index is 4.14. The number of nitrogens with one attached hydrogen (secondary N) is 1. The first-order valence-corrected chi connectivity index (χ1v) is 4.79. The van der Waals surface area contributed by atoms with E-state index in [-0.39, 0.29) is 0 Å². The summed E-state index contributed by atoms with van der Waals surface area (Å²) in [5, 5.41) is 3.46. The van der Waals surface area contributed by atoms with E-state index < -0.39 is 0 Å². The number of hydrogen-bond donors (Lipinski definition) is 1. The molecule has 0 radical (unpaired) electrons. The minimum absolute atomic E-state index is 0.615. The maximum absolute atomic E-state index is 4.14. The Morgan fingerprint density at radius 3 is 3.08 bits per heavy atom. The molecule has 0 spiro atoms. The summed E-state index contributed by atoms with van der Waals surface area (Å²) in [5.74, 6) is 0.857. The lowest BCUT2D eigenvalue weighted by Gasteiger charge is -2.34. The van der Waals surface area contributed by atoms with Crippen LogP contribution in [0.1, 0.15) is 12.0 Å². The molecule has 13 heavy (non-hydrogen) atoms. The summed E-state index contributed by atoms with van der Waals surface area (Å²) in [6, 6.07) is 4.76. The molecule has 2 heteroatoms. The molecule has 0 bridgehead atoms. The molecule has 2 nitrogen and oxygen atoms in total. The number of nitrogens with zero attached hydrogens (tertiary/aromatic N) is 1. The van der Waals surface area contributed by atoms with Crippen LogP contribution < -0.4 is 5.32 Å². The van der Waals surface area contributed by atoms with Gasteiger partial charge in [0.2, 0.25) is 0 Å². The molecule has 1 aromatic heterocycles. The van der Waals surface area contributed by atoms with E-state index in [1.807, 2.05) is 18.5 Å². The van der Waals surface area contributed by atoms with Crippen molar-refractivity contribution < 1.29 is 0 Å². The summed E-state index contributed by atoms with van der Waals surface area (Å²) in [7, 11) is 0. The van der Waals surface area contributed by atoms with Gasteiger partial charge in [-0.15, -0.1) is 0 Å². The highest BCUT2D eigenvalue weighted by molar-refractivity contribution is 5.72. The number of fused-ring (bicyclic) bond motifs is 1. The quantitative estimate of drug-likeness (QED) is 0.693. The molecule has 1 aliphatic carbocycles. The third-order valence-corrected chi connectivity index (χ3v) is 3.04. The van der Waals surface area contributed by atoms with Crippen molar-refractivity contribution in [2.45, 2.75) is 12.5 Å². The average molecular weight is 172 g/mol. The normalized spacial score (nSPS) is 30.6. The highest BCUT2D eigenvalue weighted by Gasteiger charge is 2.36. The SMILES string of the molecule is C1=C(c2cccnc2)[C@H]2NC[C@H]2C1. The van der Waals surface area contributed by atoms with E-state index in [1.54, 1.807) is 0 Å². The summed E-state index contributed by atoms with van der Waals surface area (Å²) in [6.07, 6.45) is 7.37. The second kappa shape index (κ2) is 2.67. The zero-order valence-corrected chi connectivity index (χ0v) is 7.40. The fourth-order valence-corrected chi connectivity index (χ4v) is 2.22. The van der Waals surface area contributed by atoms with Crippen molar-refractivity contribution in [2.75, 3.05) is 6.54 Å². The van der Waals surface area contributed by atoms with Crippen LogP contribution in [0.25, 0.3) is 5.57 Å². The second-order valence-corrected chi connectivity index (χ2v) is 3.78. The third-order valence-electron chi connectivity index (χ3n) is 3.04. The zero-order valence-electron chi connectivity index (χ0n) is 7.40. The van der Waals surface area contributed by atoms with Gasteiger partial charge in [-0.25, -0.2) is 0 Å². The Morgan fingerprint density at radius 2 is 2.46 bits per heavy atom.